The molecule has 0 aliphatic carbocycles. The Kier molecular flexibility index (Phi) is 5.79. The molecule has 2 aromatic heterocycles. The number of methoxy groups -OCH3 is 1. The smallest absolute Gasteiger partial charge is 0.274 e. The number of ether oxygens (including phenoxy) is 1. The van der Waals surface area contributed by atoms with Gasteiger partial charge in [-0.25, -0.2) is 8.42 Å². The summed E-state index contributed by atoms with van der Waals surface area (Å²) in [5, 5.41) is 9.42. The molecule has 1 aromatic carbocycles. The van der Waals surface area contributed by atoms with Gasteiger partial charge in [-0.3, -0.25) is 15.2 Å². The number of aryl methyl sites for hydroxylation is 1. The summed E-state index contributed by atoms with van der Waals surface area (Å²) in [6.45, 7) is 1.00. The molecule has 164 valence electrons. The number of anilines is 1. The van der Waals surface area contributed by atoms with Crippen LogP contribution in [0, 0.1) is 0 Å². The van der Waals surface area contributed by atoms with Crippen LogP contribution in [0.15, 0.2) is 41.4 Å². The Morgan fingerprint density at radius 1 is 1.19 bits per heavy atom. The number of nitrogens with one attached hydrogen (secondary N) is 2. The molecule has 1 aliphatic rings. The Morgan fingerprint density at radius 2 is 1.94 bits per heavy atom. The fourth-order valence-electron chi connectivity index (χ4n) is 3.60. The number of carbonyl (C=O) groups excluding carboxylic acids is 1. The molecule has 1 fully saturated rings. The van der Waals surface area contributed by atoms with Gasteiger partial charge in [0.2, 0.25) is 16.0 Å². The molecule has 2 N–H and O–H groups in total. The van der Waals surface area contributed by atoms with E-state index in [0.29, 0.717) is 30.2 Å². The summed E-state index contributed by atoms with van der Waals surface area (Å²) in [6, 6.07) is 8.68. The van der Waals surface area contributed by atoms with Gasteiger partial charge in [0.1, 0.15) is 16.3 Å². The minimum atomic E-state index is -3.63. The third-order valence-corrected chi connectivity index (χ3v) is 7.10. The zero-order valence-electron chi connectivity index (χ0n) is 17.3. The van der Waals surface area contributed by atoms with E-state index < -0.39 is 15.9 Å². The van der Waals surface area contributed by atoms with Gasteiger partial charge in [0.05, 0.1) is 12.7 Å². The van der Waals surface area contributed by atoms with Crippen LogP contribution in [0.25, 0.3) is 11.4 Å². The van der Waals surface area contributed by atoms with Gasteiger partial charge in [-0.2, -0.15) is 9.29 Å². The van der Waals surface area contributed by atoms with Crippen LogP contribution >= 0.6 is 0 Å². The molecule has 0 bridgehead atoms. The predicted molar refractivity (Wildman–Crippen MR) is 114 cm³/mol. The predicted octanol–water partition coefficient (Wildman–Crippen LogP) is 2.25. The van der Waals surface area contributed by atoms with Gasteiger partial charge in [0.25, 0.3) is 5.91 Å². The standard InChI is InChI=1S/C20H24N6O4S/c1-25-13-14(31(28,29)26-10-6-3-7-11-26)12-16(25)19(27)22-20-21-18(23-24-20)15-8-4-5-9-17(15)30-2/h4-5,8-9,12-13H,3,6-7,10-11H2,1-2H3,(H2,21,22,23,24,27). The Balaban J connectivity index is 1.53. The highest BCUT2D eigenvalue weighted by Gasteiger charge is 2.28. The van der Waals surface area contributed by atoms with E-state index in [1.165, 1.54) is 21.1 Å². The van der Waals surface area contributed by atoms with Crippen molar-refractivity contribution >= 4 is 21.9 Å². The Bertz CT molecular complexity index is 1190. The number of amides is 1. The summed E-state index contributed by atoms with van der Waals surface area (Å²) in [4.78, 5) is 17.2. The van der Waals surface area contributed by atoms with Crippen molar-refractivity contribution in [3.8, 4) is 17.1 Å². The number of aromatic amines is 1. The van der Waals surface area contributed by atoms with Crippen LogP contribution in [0.4, 0.5) is 5.95 Å². The number of benzene rings is 1. The van der Waals surface area contributed by atoms with Crippen molar-refractivity contribution in [3.05, 3.63) is 42.2 Å². The molecule has 11 heteroatoms. The summed E-state index contributed by atoms with van der Waals surface area (Å²) in [5.74, 6) is 0.625. The lowest BCUT2D eigenvalue weighted by Gasteiger charge is -2.25. The maximum atomic E-state index is 12.9. The molecule has 1 aliphatic heterocycles. The second kappa shape index (κ2) is 8.52. The number of piperidine rings is 1. The quantitative estimate of drug-likeness (QED) is 0.601. The number of aromatic nitrogens is 4. The topological polar surface area (TPSA) is 122 Å². The maximum absolute atomic E-state index is 12.9. The minimum absolute atomic E-state index is 0.0764. The lowest BCUT2D eigenvalue weighted by atomic mass is 10.2. The summed E-state index contributed by atoms with van der Waals surface area (Å²) in [7, 11) is -0.443. The molecule has 3 aromatic rings. The Labute approximate surface area is 180 Å². The summed E-state index contributed by atoms with van der Waals surface area (Å²) in [5.41, 5.74) is 0.894. The highest BCUT2D eigenvalue weighted by Crippen LogP contribution is 2.27. The van der Waals surface area contributed by atoms with Crippen molar-refractivity contribution < 1.29 is 17.9 Å². The van der Waals surface area contributed by atoms with Crippen LogP contribution in [0.5, 0.6) is 5.75 Å². The number of sulfonamides is 1. The van der Waals surface area contributed by atoms with Crippen molar-refractivity contribution in [2.24, 2.45) is 7.05 Å². The van der Waals surface area contributed by atoms with E-state index in [2.05, 4.69) is 20.5 Å². The fourth-order valence-corrected chi connectivity index (χ4v) is 5.19. The van der Waals surface area contributed by atoms with Gasteiger partial charge in [-0.15, -0.1) is 5.10 Å². The summed E-state index contributed by atoms with van der Waals surface area (Å²) < 4.78 is 34.1. The van der Waals surface area contributed by atoms with E-state index in [4.69, 9.17) is 4.74 Å². The number of nitrogens with zero attached hydrogens (tertiary/aromatic N) is 4. The molecule has 0 spiro atoms. The van der Waals surface area contributed by atoms with E-state index in [9.17, 15) is 13.2 Å². The van der Waals surface area contributed by atoms with E-state index in [1.807, 2.05) is 18.2 Å². The third-order valence-electron chi connectivity index (χ3n) is 5.24. The molecule has 1 saturated heterocycles. The monoisotopic (exact) mass is 444 g/mol. The van der Waals surface area contributed by atoms with Gasteiger partial charge in [-0.1, -0.05) is 18.6 Å². The third kappa shape index (κ3) is 4.19. The molecular weight excluding hydrogens is 420 g/mol. The largest absolute Gasteiger partial charge is 0.496 e. The number of para-hydroxylation sites is 1. The van der Waals surface area contributed by atoms with Crippen LogP contribution in [-0.4, -0.2) is 58.6 Å². The van der Waals surface area contributed by atoms with E-state index in [0.717, 1.165) is 19.3 Å². The van der Waals surface area contributed by atoms with Gasteiger partial charge in [0, 0.05) is 26.3 Å². The SMILES string of the molecule is COc1ccccc1-c1nc(NC(=O)c2cc(S(=O)(=O)N3CCCCC3)cn2C)n[nH]1. The summed E-state index contributed by atoms with van der Waals surface area (Å²) >= 11 is 0. The Hall–Kier alpha value is -3.18. The maximum Gasteiger partial charge on any atom is 0.274 e. The van der Waals surface area contributed by atoms with Gasteiger partial charge < -0.3 is 9.30 Å². The first kappa shape index (κ1) is 21.1. The molecule has 10 nitrogen and oxygen atoms in total. The van der Waals surface area contributed by atoms with E-state index >= 15 is 0 Å². The first-order chi connectivity index (χ1) is 14.9. The normalized spacial score (nSPS) is 15.0. The highest BCUT2D eigenvalue weighted by molar-refractivity contribution is 7.89. The summed E-state index contributed by atoms with van der Waals surface area (Å²) in [6.07, 6.45) is 4.18. The first-order valence-corrected chi connectivity index (χ1v) is 11.4. The van der Waals surface area contributed by atoms with Gasteiger partial charge in [-0.05, 0) is 31.0 Å². The van der Waals surface area contributed by atoms with Crippen molar-refractivity contribution in [1.29, 1.82) is 0 Å². The molecule has 4 rings (SSSR count). The number of carbonyl (C=O) groups is 1. The average molecular weight is 445 g/mol. The van der Waals surface area contributed by atoms with Crippen LogP contribution in [0.1, 0.15) is 29.8 Å². The van der Waals surface area contributed by atoms with Crippen molar-refractivity contribution in [3.63, 3.8) is 0 Å². The average Bonchev–Trinajstić information content (AvgIpc) is 3.41. The number of hydrogen-bond acceptors (Lipinski definition) is 6. The molecule has 0 saturated carbocycles. The highest BCUT2D eigenvalue weighted by atomic mass is 32.2. The van der Waals surface area contributed by atoms with Crippen molar-refractivity contribution in [1.82, 2.24) is 24.1 Å². The minimum Gasteiger partial charge on any atom is -0.496 e. The molecule has 3 heterocycles. The second-order valence-corrected chi connectivity index (χ2v) is 9.24. The van der Waals surface area contributed by atoms with Crippen LogP contribution < -0.4 is 10.1 Å². The lowest BCUT2D eigenvalue weighted by molar-refractivity contribution is 0.101. The van der Waals surface area contributed by atoms with E-state index in [1.54, 1.807) is 20.2 Å². The van der Waals surface area contributed by atoms with Crippen LogP contribution in [-0.2, 0) is 17.1 Å². The fraction of sp³-hybridized carbons (Fsp3) is 0.350. The van der Waals surface area contributed by atoms with Crippen molar-refractivity contribution in [2.45, 2.75) is 24.2 Å². The van der Waals surface area contributed by atoms with Gasteiger partial charge >= 0.3 is 0 Å². The number of rotatable bonds is 6. The zero-order valence-corrected chi connectivity index (χ0v) is 18.1. The first-order valence-electron chi connectivity index (χ1n) is 9.94. The van der Waals surface area contributed by atoms with Crippen LogP contribution in [0.2, 0.25) is 0 Å². The second-order valence-electron chi connectivity index (χ2n) is 7.30. The van der Waals surface area contributed by atoms with Gasteiger partial charge in [0.15, 0.2) is 5.82 Å². The molecule has 0 unspecified atom stereocenters. The molecule has 0 atom stereocenters. The van der Waals surface area contributed by atoms with Crippen molar-refractivity contribution in [2.75, 3.05) is 25.5 Å². The lowest BCUT2D eigenvalue weighted by Crippen LogP contribution is -2.35. The molecule has 0 radical (unpaired) electrons. The zero-order chi connectivity index (χ0) is 22.0. The van der Waals surface area contributed by atoms with Crippen LogP contribution in [0.3, 0.4) is 0 Å². The number of H-pyrrole nitrogens is 1. The van der Waals surface area contributed by atoms with E-state index in [-0.39, 0.29) is 16.5 Å². The molecule has 31 heavy (non-hydrogen) atoms. The molecular formula is C20H24N6O4S. The number of hydrogen-bond donors (Lipinski definition) is 2. The Morgan fingerprint density at radius 3 is 2.68 bits per heavy atom. The molecule has 1 amide bonds.